The van der Waals surface area contributed by atoms with E-state index in [2.05, 4.69) is 15.6 Å². The summed E-state index contributed by atoms with van der Waals surface area (Å²) in [7, 11) is -3.75. The number of benzene rings is 2. The summed E-state index contributed by atoms with van der Waals surface area (Å²) in [5.74, 6) is -0.435. The van der Waals surface area contributed by atoms with E-state index in [-0.39, 0.29) is 24.5 Å². The highest BCUT2D eigenvalue weighted by molar-refractivity contribution is 7.89. The monoisotopic (exact) mass is 447 g/mol. The molecule has 168 valence electrons. The number of hydrogen-bond acceptors (Lipinski definition) is 5. The number of aryl methyl sites for hydroxylation is 4. The molecule has 0 unspecified atom stereocenters. The number of nitrogens with one attached hydrogen (secondary N) is 3. The average Bonchev–Trinajstić information content (AvgIpc) is 2.69. The maximum absolute atomic E-state index is 12.6. The van der Waals surface area contributed by atoms with Gasteiger partial charge in [0, 0.05) is 13.0 Å². The molecule has 2 rings (SSSR count). The smallest absolute Gasteiger partial charge is 0.276 e. The van der Waals surface area contributed by atoms with E-state index < -0.39 is 21.8 Å². The molecule has 31 heavy (non-hydrogen) atoms. The highest BCUT2D eigenvalue weighted by atomic mass is 32.2. The Hall–Kier alpha value is -2.91. The fourth-order valence-electron chi connectivity index (χ4n) is 3.28. The van der Waals surface area contributed by atoms with Crippen molar-refractivity contribution in [2.24, 2.45) is 0 Å². The zero-order valence-corrected chi connectivity index (χ0v) is 19.1. The van der Waals surface area contributed by atoms with E-state index in [1.807, 2.05) is 32.0 Å². The highest BCUT2D eigenvalue weighted by Crippen LogP contribution is 2.21. The normalized spacial score (nSPS) is 11.1. The van der Waals surface area contributed by atoms with E-state index in [1.54, 1.807) is 32.0 Å². The third-order valence-electron chi connectivity index (χ3n) is 4.57. The van der Waals surface area contributed by atoms with Crippen LogP contribution < -0.4 is 20.3 Å². The Labute approximate surface area is 183 Å². The molecule has 2 amide bonds. The second-order valence-corrected chi connectivity index (χ2v) is 8.93. The Balaban J connectivity index is 1.77. The minimum atomic E-state index is -3.75. The van der Waals surface area contributed by atoms with Gasteiger partial charge in [-0.05, 0) is 49.9 Å². The summed E-state index contributed by atoms with van der Waals surface area (Å²) in [5.41, 5.74) is 7.75. The van der Waals surface area contributed by atoms with Crippen LogP contribution in [-0.2, 0) is 26.0 Å². The number of para-hydroxylation sites is 1. The molecular formula is C22H29N3O5S. The zero-order valence-electron chi connectivity index (χ0n) is 18.2. The van der Waals surface area contributed by atoms with Gasteiger partial charge in [0.2, 0.25) is 15.9 Å². The second-order valence-electron chi connectivity index (χ2n) is 7.22. The van der Waals surface area contributed by atoms with Crippen LogP contribution in [0.15, 0.2) is 41.3 Å². The molecule has 8 nitrogen and oxygen atoms in total. The van der Waals surface area contributed by atoms with Crippen molar-refractivity contribution in [2.75, 3.05) is 13.2 Å². The molecule has 3 N–H and O–H groups in total. The number of carbonyl (C=O) groups excluding carboxylic acids is 2. The highest BCUT2D eigenvalue weighted by Gasteiger charge is 2.19. The number of hydrazine groups is 1. The molecule has 0 atom stereocenters. The van der Waals surface area contributed by atoms with Gasteiger partial charge in [-0.25, -0.2) is 13.1 Å². The summed E-state index contributed by atoms with van der Waals surface area (Å²) in [6.45, 7) is 7.00. The van der Waals surface area contributed by atoms with Crippen LogP contribution >= 0.6 is 0 Å². The molecule has 0 saturated heterocycles. The first-order valence-corrected chi connectivity index (χ1v) is 11.5. The van der Waals surface area contributed by atoms with Crippen molar-refractivity contribution >= 4 is 21.8 Å². The van der Waals surface area contributed by atoms with Gasteiger partial charge in [-0.3, -0.25) is 20.4 Å². The third kappa shape index (κ3) is 7.08. The van der Waals surface area contributed by atoms with Crippen LogP contribution in [0.5, 0.6) is 5.75 Å². The Kier molecular flexibility index (Phi) is 8.58. The molecule has 0 aliphatic carbocycles. The number of rotatable bonds is 9. The van der Waals surface area contributed by atoms with Crippen LogP contribution in [0.25, 0.3) is 0 Å². The Morgan fingerprint density at radius 3 is 2.23 bits per heavy atom. The lowest BCUT2D eigenvalue weighted by atomic mass is 10.1. The first-order valence-electron chi connectivity index (χ1n) is 10.00. The van der Waals surface area contributed by atoms with E-state index in [0.717, 1.165) is 17.5 Å². The summed E-state index contributed by atoms with van der Waals surface area (Å²) >= 11 is 0. The molecule has 9 heteroatoms. The lowest BCUT2D eigenvalue weighted by Crippen LogP contribution is -2.44. The lowest BCUT2D eigenvalue weighted by Gasteiger charge is -2.13. The van der Waals surface area contributed by atoms with Gasteiger partial charge in [-0.15, -0.1) is 0 Å². The molecule has 0 bridgehead atoms. The van der Waals surface area contributed by atoms with Gasteiger partial charge in [0.15, 0.2) is 6.61 Å². The van der Waals surface area contributed by atoms with Crippen molar-refractivity contribution in [2.45, 2.75) is 45.4 Å². The first-order chi connectivity index (χ1) is 14.6. The molecule has 0 radical (unpaired) electrons. The lowest BCUT2D eigenvalue weighted by molar-refractivity contribution is -0.129. The van der Waals surface area contributed by atoms with E-state index in [4.69, 9.17) is 4.74 Å². The van der Waals surface area contributed by atoms with Crippen molar-refractivity contribution in [3.05, 3.63) is 58.7 Å². The number of hydrogen-bond donors (Lipinski definition) is 3. The Morgan fingerprint density at radius 2 is 1.58 bits per heavy atom. The van der Waals surface area contributed by atoms with Crippen LogP contribution in [0.4, 0.5) is 0 Å². The van der Waals surface area contributed by atoms with Crippen LogP contribution in [-0.4, -0.2) is 33.4 Å². The molecule has 0 aliphatic rings. The number of amides is 2. The minimum Gasteiger partial charge on any atom is -0.483 e. The minimum absolute atomic E-state index is 0.100. The summed E-state index contributed by atoms with van der Waals surface area (Å²) in [6.07, 6.45) is 0.634. The SMILES string of the molecule is CCc1ccccc1OCC(=O)NNC(=O)CCNS(=O)(=O)c1c(C)cc(C)cc1C. The molecule has 0 heterocycles. The van der Waals surface area contributed by atoms with Gasteiger partial charge >= 0.3 is 0 Å². The molecule has 0 spiro atoms. The standard InChI is InChI=1S/C22H29N3O5S/c1-5-18-8-6-7-9-19(18)30-14-21(27)25-24-20(26)10-11-23-31(28,29)22-16(3)12-15(2)13-17(22)4/h6-9,12-13,23H,5,10-11,14H2,1-4H3,(H,24,26)(H,25,27). The molecule has 0 aromatic heterocycles. The number of sulfonamides is 1. The van der Waals surface area contributed by atoms with Crippen LogP contribution in [0.2, 0.25) is 0 Å². The van der Waals surface area contributed by atoms with Gasteiger partial charge in [0.1, 0.15) is 5.75 Å². The maximum Gasteiger partial charge on any atom is 0.276 e. The zero-order chi connectivity index (χ0) is 23.0. The average molecular weight is 448 g/mol. The van der Waals surface area contributed by atoms with E-state index in [0.29, 0.717) is 16.9 Å². The molecule has 2 aromatic carbocycles. The fourth-order valence-corrected chi connectivity index (χ4v) is 4.76. The maximum atomic E-state index is 12.6. The van der Waals surface area contributed by atoms with Gasteiger partial charge in [-0.1, -0.05) is 42.8 Å². The fraction of sp³-hybridized carbons (Fsp3) is 0.364. The summed E-state index contributed by atoms with van der Waals surface area (Å²) in [4.78, 5) is 24.0. The second kappa shape index (κ2) is 10.9. The molecule has 0 saturated carbocycles. The predicted octanol–water partition coefficient (Wildman–Crippen LogP) is 2.07. The summed E-state index contributed by atoms with van der Waals surface area (Å²) < 4.78 is 33.1. The van der Waals surface area contributed by atoms with E-state index in [1.165, 1.54) is 0 Å². The summed E-state index contributed by atoms with van der Waals surface area (Å²) in [5, 5.41) is 0. The number of carbonyl (C=O) groups is 2. The van der Waals surface area contributed by atoms with Gasteiger partial charge in [0.25, 0.3) is 5.91 Å². The van der Waals surface area contributed by atoms with Gasteiger partial charge in [-0.2, -0.15) is 0 Å². The molecule has 2 aromatic rings. The Morgan fingerprint density at radius 1 is 0.968 bits per heavy atom. The third-order valence-corrected chi connectivity index (χ3v) is 6.34. The van der Waals surface area contributed by atoms with Gasteiger partial charge in [0.05, 0.1) is 4.90 Å². The van der Waals surface area contributed by atoms with Crippen molar-refractivity contribution < 1.29 is 22.7 Å². The van der Waals surface area contributed by atoms with Crippen LogP contribution in [0.3, 0.4) is 0 Å². The first kappa shape index (κ1) is 24.4. The van der Waals surface area contributed by atoms with Crippen LogP contribution in [0, 0.1) is 20.8 Å². The van der Waals surface area contributed by atoms with Crippen molar-refractivity contribution in [1.29, 1.82) is 0 Å². The van der Waals surface area contributed by atoms with Crippen molar-refractivity contribution in [3.8, 4) is 5.75 Å². The molecule has 0 aliphatic heterocycles. The summed E-state index contributed by atoms with van der Waals surface area (Å²) in [6, 6.07) is 11.0. The van der Waals surface area contributed by atoms with E-state index >= 15 is 0 Å². The molecule has 0 fully saturated rings. The predicted molar refractivity (Wildman–Crippen MR) is 118 cm³/mol. The van der Waals surface area contributed by atoms with Gasteiger partial charge < -0.3 is 4.74 Å². The van der Waals surface area contributed by atoms with Crippen molar-refractivity contribution in [3.63, 3.8) is 0 Å². The molecular weight excluding hydrogens is 418 g/mol. The number of ether oxygens (including phenoxy) is 1. The largest absolute Gasteiger partial charge is 0.483 e. The Bertz CT molecular complexity index is 1030. The quantitative estimate of drug-likeness (QED) is 0.509. The topological polar surface area (TPSA) is 114 Å². The van der Waals surface area contributed by atoms with E-state index in [9.17, 15) is 18.0 Å². The van der Waals surface area contributed by atoms with Crippen molar-refractivity contribution in [1.82, 2.24) is 15.6 Å². The van der Waals surface area contributed by atoms with Crippen LogP contribution in [0.1, 0.15) is 35.6 Å².